The van der Waals surface area contributed by atoms with Crippen molar-refractivity contribution in [2.45, 2.75) is 13.1 Å². The molecular formula is C12H15F3N2O2. The summed E-state index contributed by atoms with van der Waals surface area (Å²) in [6, 6.07) is 6.18. The maximum atomic E-state index is 11.9. The number of hydrogen-bond acceptors (Lipinski definition) is 3. The minimum absolute atomic E-state index is 0.0339. The summed E-state index contributed by atoms with van der Waals surface area (Å²) < 4.78 is 35.8. The lowest BCUT2D eigenvalue weighted by molar-refractivity contribution is -0.137. The average molecular weight is 276 g/mol. The van der Waals surface area contributed by atoms with Gasteiger partial charge < -0.3 is 15.3 Å². The van der Waals surface area contributed by atoms with E-state index in [9.17, 15) is 23.1 Å². The van der Waals surface area contributed by atoms with Crippen molar-refractivity contribution in [3.63, 3.8) is 0 Å². The van der Waals surface area contributed by atoms with Crippen LogP contribution in [0.4, 0.5) is 18.9 Å². The Morgan fingerprint density at radius 2 is 2.11 bits per heavy atom. The number of phenols is 1. The van der Waals surface area contributed by atoms with E-state index in [0.29, 0.717) is 12.2 Å². The molecule has 0 saturated heterocycles. The molecule has 0 fully saturated rings. The monoisotopic (exact) mass is 276 g/mol. The normalized spacial score (nSPS) is 11.2. The number of phenolic OH excluding ortho intramolecular Hbond substituents is 1. The van der Waals surface area contributed by atoms with Gasteiger partial charge >= 0.3 is 6.18 Å². The van der Waals surface area contributed by atoms with Gasteiger partial charge in [-0.25, -0.2) is 0 Å². The summed E-state index contributed by atoms with van der Waals surface area (Å²) in [5.74, 6) is -0.686. The maximum absolute atomic E-state index is 11.9. The first-order valence-corrected chi connectivity index (χ1v) is 5.69. The lowest BCUT2D eigenvalue weighted by atomic mass is 10.2. The quantitative estimate of drug-likeness (QED) is 0.863. The molecule has 0 saturated carbocycles. The molecule has 1 amide bonds. The number of amides is 1. The molecule has 1 rings (SSSR count). The van der Waals surface area contributed by atoms with E-state index in [1.54, 1.807) is 29.3 Å². The number of aromatic hydroxyl groups is 1. The fourth-order valence-corrected chi connectivity index (χ4v) is 1.50. The van der Waals surface area contributed by atoms with Crippen LogP contribution in [-0.2, 0) is 4.79 Å². The summed E-state index contributed by atoms with van der Waals surface area (Å²) in [7, 11) is 0. The Labute approximate surface area is 108 Å². The molecule has 0 aliphatic rings. The van der Waals surface area contributed by atoms with Gasteiger partial charge in [-0.15, -0.1) is 0 Å². The van der Waals surface area contributed by atoms with Crippen molar-refractivity contribution in [2.75, 3.05) is 24.5 Å². The number of carbonyl (C=O) groups excluding carboxylic acids is 1. The number of likely N-dealkylation sites (N-methyl/N-ethyl adjacent to an activating group) is 1. The van der Waals surface area contributed by atoms with E-state index < -0.39 is 18.6 Å². The Balaban J connectivity index is 2.60. The number of nitrogens with one attached hydrogen (secondary N) is 1. The van der Waals surface area contributed by atoms with Gasteiger partial charge in [0.15, 0.2) is 0 Å². The molecule has 2 N–H and O–H groups in total. The Morgan fingerprint density at radius 3 is 2.63 bits per heavy atom. The van der Waals surface area contributed by atoms with E-state index in [1.165, 1.54) is 12.1 Å². The van der Waals surface area contributed by atoms with Gasteiger partial charge in [0.25, 0.3) is 0 Å². The molecule has 1 aromatic carbocycles. The van der Waals surface area contributed by atoms with Crippen LogP contribution < -0.4 is 10.2 Å². The summed E-state index contributed by atoms with van der Waals surface area (Å²) in [5, 5.41) is 11.1. The predicted octanol–water partition coefficient (Wildman–Crippen LogP) is 1.90. The topological polar surface area (TPSA) is 52.6 Å². The highest BCUT2D eigenvalue weighted by Crippen LogP contribution is 2.19. The standard InChI is InChI=1S/C12H15F3N2O2/c1-2-17(9-4-3-5-10(18)6-9)7-11(19)16-8-12(13,14)15/h3-6,18H,2,7-8H2,1H3,(H,16,19). The van der Waals surface area contributed by atoms with Crippen LogP contribution in [0, 0.1) is 0 Å². The highest BCUT2D eigenvalue weighted by molar-refractivity contribution is 5.81. The Morgan fingerprint density at radius 1 is 1.42 bits per heavy atom. The molecule has 0 radical (unpaired) electrons. The van der Waals surface area contributed by atoms with Gasteiger partial charge in [0, 0.05) is 18.3 Å². The van der Waals surface area contributed by atoms with Crippen LogP contribution in [0.3, 0.4) is 0 Å². The van der Waals surface area contributed by atoms with Crippen molar-refractivity contribution in [1.82, 2.24) is 5.32 Å². The Kier molecular flexibility index (Phi) is 5.02. The molecule has 7 heteroatoms. The molecule has 0 unspecified atom stereocenters. The molecule has 19 heavy (non-hydrogen) atoms. The SMILES string of the molecule is CCN(CC(=O)NCC(F)(F)F)c1cccc(O)c1. The van der Waals surface area contributed by atoms with E-state index >= 15 is 0 Å². The number of alkyl halides is 3. The van der Waals surface area contributed by atoms with Gasteiger partial charge in [0.2, 0.25) is 5.91 Å². The van der Waals surface area contributed by atoms with Crippen LogP contribution in [0.5, 0.6) is 5.75 Å². The van der Waals surface area contributed by atoms with Crippen LogP contribution in [0.15, 0.2) is 24.3 Å². The van der Waals surface area contributed by atoms with Crippen molar-refractivity contribution < 1.29 is 23.1 Å². The van der Waals surface area contributed by atoms with Crippen LogP contribution >= 0.6 is 0 Å². The third-order valence-corrected chi connectivity index (χ3v) is 2.40. The summed E-state index contributed by atoms with van der Waals surface area (Å²) in [5.41, 5.74) is 0.574. The summed E-state index contributed by atoms with van der Waals surface area (Å²) >= 11 is 0. The fourth-order valence-electron chi connectivity index (χ4n) is 1.50. The smallest absolute Gasteiger partial charge is 0.405 e. The molecule has 0 bridgehead atoms. The average Bonchev–Trinajstić information content (AvgIpc) is 2.32. The summed E-state index contributed by atoms with van der Waals surface area (Å²) in [6.45, 7) is 0.656. The van der Waals surface area contributed by atoms with Crippen LogP contribution in [-0.4, -0.2) is 36.8 Å². The van der Waals surface area contributed by atoms with Gasteiger partial charge in [-0.05, 0) is 19.1 Å². The maximum Gasteiger partial charge on any atom is 0.405 e. The van der Waals surface area contributed by atoms with Crippen LogP contribution in [0.25, 0.3) is 0 Å². The molecule has 1 aromatic rings. The molecule has 0 heterocycles. The molecule has 0 atom stereocenters. The zero-order chi connectivity index (χ0) is 14.5. The summed E-state index contributed by atoms with van der Waals surface area (Å²) in [4.78, 5) is 13.0. The highest BCUT2D eigenvalue weighted by atomic mass is 19.4. The lowest BCUT2D eigenvalue weighted by Gasteiger charge is -2.22. The molecule has 0 aliphatic heterocycles. The number of carbonyl (C=O) groups is 1. The van der Waals surface area contributed by atoms with Crippen LogP contribution in [0.1, 0.15) is 6.92 Å². The Hall–Kier alpha value is -1.92. The first kappa shape index (κ1) is 15.1. The van der Waals surface area contributed by atoms with Gasteiger partial charge in [-0.1, -0.05) is 6.07 Å². The molecule has 0 spiro atoms. The van der Waals surface area contributed by atoms with E-state index in [2.05, 4.69) is 0 Å². The zero-order valence-electron chi connectivity index (χ0n) is 10.4. The van der Waals surface area contributed by atoms with Gasteiger partial charge in [0.1, 0.15) is 12.3 Å². The third kappa shape index (κ3) is 5.50. The lowest BCUT2D eigenvalue weighted by Crippen LogP contribution is -2.41. The van der Waals surface area contributed by atoms with Crippen molar-refractivity contribution in [3.8, 4) is 5.75 Å². The van der Waals surface area contributed by atoms with Gasteiger partial charge in [-0.2, -0.15) is 13.2 Å². The number of anilines is 1. The molecule has 0 aliphatic carbocycles. The van der Waals surface area contributed by atoms with E-state index in [-0.39, 0.29) is 12.3 Å². The van der Waals surface area contributed by atoms with Gasteiger partial charge in [-0.3, -0.25) is 4.79 Å². The van der Waals surface area contributed by atoms with Crippen molar-refractivity contribution in [1.29, 1.82) is 0 Å². The fraction of sp³-hybridized carbons (Fsp3) is 0.417. The molecule has 106 valence electrons. The number of benzene rings is 1. The second kappa shape index (κ2) is 6.31. The molecular weight excluding hydrogens is 261 g/mol. The Bertz CT molecular complexity index is 435. The van der Waals surface area contributed by atoms with E-state index in [0.717, 1.165) is 0 Å². The minimum Gasteiger partial charge on any atom is -0.508 e. The second-order valence-corrected chi connectivity index (χ2v) is 3.93. The predicted molar refractivity (Wildman–Crippen MR) is 65.1 cm³/mol. The minimum atomic E-state index is -4.42. The first-order valence-electron chi connectivity index (χ1n) is 5.69. The third-order valence-electron chi connectivity index (χ3n) is 2.40. The first-order chi connectivity index (χ1) is 8.81. The van der Waals surface area contributed by atoms with E-state index in [4.69, 9.17) is 0 Å². The van der Waals surface area contributed by atoms with Crippen molar-refractivity contribution in [3.05, 3.63) is 24.3 Å². The molecule has 0 aromatic heterocycles. The summed E-state index contributed by atoms with van der Waals surface area (Å²) in [6.07, 6.45) is -4.42. The molecule has 4 nitrogen and oxygen atoms in total. The van der Waals surface area contributed by atoms with Crippen molar-refractivity contribution in [2.24, 2.45) is 0 Å². The van der Waals surface area contributed by atoms with E-state index in [1.807, 2.05) is 0 Å². The largest absolute Gasteiger partial charge is 0.508 e. The second-order valence-electron chi connectivity index (χ2n) is 3.93. The highest BCUT2D eigenvalue weighted by Gasteiger charge is 2.27. The van der Waals surface area contributed by atoms with Crippen LogP contribution in [0.2, 0.25) is 0 Å². The number of halogens is 3. The number of nitrogens with zero attached hydrogens (tertiary/aromatic N) is 1. The van der Waals surface area contributed by atoms with Crippen molar-refractivity contribution >= 4 is 11.6 Å². The zero-order valence-corrected chi connectivity index (χ0v) is 10.4. The number of hydrogen-bond donors (Lipinski definition) is 2. The number of rotatable bonds is 5. The van der Waals surface area contributed by atoms with Gasteiger partial charge in [0.05, 0.1) is 6.54 Å².